The van der Waals surface area contributed by atoms with E-state index in [1.807, 2.05) is 66.9 Å². The van der Waals surface area contributed by atoms with Crippen LogP contribution in [0.5, 0.6) is 0 Å². The number of hydrogen-bond acceptors (Lipinski definition) is 7. The normalized spacial score (nSPS) is 12.3. The van der Waals surface area contributed by atoms with Gasteiger partial charge in [-0.2, -0.15) is 0 Å². The van der Waals surface area contributed by atoms with Crippen molar-refractivity contribution in [2.45, 2.75) is 116 Å². The summed E-state index contributed by atoms with van der Waals surface area (Å²) in [7, 11) is 0. The fourth-order valence-electron chi connectivity index (χ4n) is 10.9. The summed E-state index contributed by atoms with van der Waals surface area (Å²) < 4.78 is 58.1. The molecule has 13 nitrogen and oxygen atoms in total. The average molecular weight is 1200 g/mol. The van der Waals surface area contributed by atoms with Crippen molar-refractivity contribution >= 4 is 35.3 Å². The van der Waals surface area contributed by atoms with Crippen LogP contribution in [0, 0.1) is 23.3 Å². The summed E-state index contributed by atoms with van der Waals surface area (Å²) in [5.74, 6) is -4.60. The number of nitrogens with one attached hydrogen (secondary N) is 1. The maximum absolute atomic E-state index is 14.1. The second kappa shape index (κ2) is 33.2. The molecular weight excluding hydrogens is 1120 g/mol. The predicted octanol–water partition coefficient (Wildman–Crippen LogP) is 10.8. The largest absolute Gasteiger partial charge is 1.00 e. The van der Waals surface area contributed by atoms with Gasteiger partial charge in [-0.15, -0.1) is 0 Å². The van der Waals surface area contributed by atoms with Crippen LogP contribution in [0.4, 0.5) is 29.2 Å². The summed E-state index contributed by atoms with van der Waals surface area (Å²) in [6, 6.07) is 47.6. The molecule has 3 amide bonds. The number of amides is 3. The van der Waals surface area contributed by atoms with E-state index in [9.17, 15) is 41.8 Å². The van der Waals surface area contributed by atoms with Gasteiger partial charge in [0, 0.05) is 68.5 Å². The van der Waals surface area contributed by atoms with Crippen molar-refractivity contribution in [3.8, 4) is 0 Å². The Morgan fingerprint density at radius 3 is 1.31 bits per heavy atom. The number of carboxylic acid groups (broad SMARTS) is 1. The number of carboxylic acids is 1. The van der Waals surface area contributed by atoms with Crippen LogP contribution in [-0.4, -0.2) is 74.1 Å². The van der Waals surface area contributed by atoms with Crippen LogP contribution >= 0.6 is 0 Å². The number of nitrogens with zero attached hydrogens (tertiary/aromatic N) is 6. The first-order valence-electron chi connectivity index (χ1n) is 29.5. The first-order valence-corrected chi connectivity index (χ1v) is 29.5. The van der Waals surface area contributed by atoms with E-state index in [1.165, 1.54) is 44.2 Å². The number of unbranched alkanes of at least 4 members (excludes halogenated alkanes) is 2. The van der Waals surface area contributed by atoms with Crippen molar-refractivity contribution in [2.24, 2.45) is 5.73 Å². The van der Waals surface area contributed by atoms with E-state index in [-0.39, 0.29) is 99.6 Å². The van der Waals surface area contributed by atoms with Gasteiger partial charge in [-0.1, -0.05) is 148 Å². The van der Waals surface area contributed by atoms with Gasteiger partial charge < -0.3 is 26.7 Å². The topological polar surface area (TPSA) is 169 Å². The Labute approximate surface area is 545 Å². The summed E-state index contributed by atoms with van der Waals surface area (Å²) in [6.07, 6.45) is 9.47. The first-order chi connectivity index (χ1) is 41.3. The molecule has 446 valence electrons. The summed E-state index contributed by atoms with van der Waals surface area (Å²) in [4.78, 5) is 64.4. The van der Waals surface area contributed by atoms with Crippen LogP contribution in [0.3, 0.4) is 0 Å². The van der Waals surface area contributed by atoms with Gasteiger partial charge in [0.05, 0.1) is 0 Å². The van der Waals surface area contributed by atoms with E-state index < -0.39 is 41.1 Å². The molecule has 0 spiro atoms. The molecule has 18 heteroatoms. The van der Waals surface area contributed by atoms with E-state index in [0.717, 1.165) is 75.0 Å². The molecule has 10 rings (SSSR count). The van der Waals surface area contributed by atoms with Crippen molar-refractivity contribution in [2.75, 3.05) is 36.0 Å². The van der Waals surface area contributed by atoms with E-state index in [4.69, 9.17) is 10.7 Å². The SMILES string of the molecule is CCCCN(C(=O)c1ccc(F)c(F)c1)c1nc2n(c1C(=O)NCCC(c1ccccc1)c1ccccc1)CCCC2.CCCCN(C(=O)c1ccc(F)c(F)c1)c1nc2n(c1C(=O)O)CCCC2.NCCC(c1ccccc1)c1ccccc1.[H-].[K+]. The maximum Gasteiger partial charge on any atom is 1.00 e. The van der Waals surface area contributed by atoms with Gasteiger partial charge in [-0.25, -0.2) is 32.3 Å². The predicted molar refractivity (Wildman–Crippen MR) is 324 cm³/mol. The maximum atomic E-state index is 14.1. The molecule has 0 radical (unpaired) electrons. The van der Waals surface area contributed by atoms with Gasteiger partial charge in [0.1, 0.15) is 11.6 Å². The van der Waals surface area contributed by atoms with Crippen LogP contribution < -0.4 is 72.2 Å². The number of anilines is 2. The number of aromatic nitrogens is 4. The molecule has 0 fully saturated rings. The monoisotopic (exact) mass is 1200 g/mol. The van der Waals surface area contributed by atoms with Crippen LogP contribution in [0.2, 0.25) is 0 Å². The third-order valence-electron chi connectivity index (χ3n) is 15.3. The number of imidazole rings is 2. The minimum Gasteiger partial charge on any atom is -1.00 e. The molecule has 8 aromatic rings. The number of rotatable bonds is 21. The third-order valence-corrected chi connectivity index (χ3v) is 15.3. The average Bonchev–Trinajstić information content (AvgIpc) is 2.29. The number of carbonyl (C=O) groups is 4. The number of benzene rings is 6. The van der Waals surface area contributed by atoms with E-state index >= 15 is 0 Å². The Morgan fingerprint density at radius 2 is 0.942 bits per heavy atom. The molecule has 0 aliphatic carbocycles. The van der Waals surface area contributed by atoms with Gasteiger partial charge in [0.2, 0.25) is 0 Å². The first kappa shape index (κ1) is 66.5. The molecule has 0 unspecified atom stereocenters. The van der Waals surface area contributed by atoms with Crippen molar-refractivity contribution in [3.63, 3.8) is 0 Å². The summed E-state index contributed by atoms with van der Waals surface area (Å²) >= 11 is 0. The molecule has 0 saturated heterocycles. The Hall–Kier alpha value is -7.06. The van der Waals surface area contributed by atoms with Crippen molar-refractivity contribution in [1.29, 1.82) is 0 Å². The second-order valence-electron chi connectivity index (χ2n) is 21.2. The number of halogens is 4. The Morgan fingerprint density at radius 1 is 0.558 bits per heavy atom. The zero-order chi connectivity index (χ0) is 60.2. The van der Waals surface area contributed by atoms with Crippen molar-refractivity contribution < 1.29 is 94.7 Å². The van der Waals surface area contributed by atoms with Crippen LogP contribution in [0.25, 0.3) is 0 Å². The number of carbonyl (C=O) groups excluding carboxylic acids is 3. The van der Waals surface area contributed by atoms with Crippen LogP contribution in [0.1, 0.15) is 167 Å². The Bertz CT molecular complexity index is 3430. The van der Waals surface area contributed by atoms with E-state index in [1.54, 1.807) is 4.57 Å². The third kappa shape index (κ3) is 16.9. The van der Waals surface area contributed by atoms with Gasteiger partial charge in [-0.3, -0.25) is 24.2 Å². The molecule has 4 heterocycles. The second-order valence-corrected chi connectivity index (χ2v) is 21.2. The van der Waals surface area contributed by atoms with Gasteiger partial charge in [-0.05, 0) is 117 Å². The molecule has 86 heavy (non-hydrogen) atoms. The smallest absolute Gasteiger partial charge is 1.00 e. The summed E-state index contributed by atoms with van der Waals surface area (Å²) in [5, 5.41) is 12.8. The van der Waals surface area contributed by atoms with E-state index in [0.29, 0.717) is 82.3 Å². The molecule has 2 aliphatic heterocycles. The molecule has 0 saturated carbocycles. The number of nitrogens with two attached hydrogens (primary N) is 1. The minimum absolute atomic E-state index is 0. The molecule has 4 N–H and O–H groups in total. The number of aromatic carboxylic acids is 1. The quantitative estimate of drug-likeness (QED) is 0.0472. The molecular formula is C68H75F4KN8O5. The molecule has 0 atom stereocenters. The number of fused-ring (bicyclic) bond motifs is 2. The van der Waals surface area contributed by atoms with Crippen molar-refractivity contribution in [1.82, 2.24) is 24.4 Å². The van der Waals surface area contributed by atoms with Gasteiger partial charge >= 0.3 is 57.4 Å². The fraction of sp³-hybridized carbons (Fsp3) is 0.324. The fourth-order valence-corrected chi connectivity index (χ4v) is 10.9. The molecule has 0 bridgehead atoms. The Balaban J connectivity index is 0.000000229. The summed E-state index contributed by atoms with van der Waals surface area (Å²) in [6.45, 7) is 6.78. The van der Waals surface area contributed by atoms with Crippen LogP contribution in [-0.2, 0) is 25.9 Å². The van der Waals surface area contributed by atoms with Crippen molar-refractivity contribution in [3.05, 3.63) is 237 Å². The molecule has 2 aliphatic rings. The molecule has 2 aromatic heterocycles. The summed E-state index contributed by atoms with van der Waals surface area (Å²) in [5.41, 5.74) is 11.0. The standard InChI is InChI=1S/C34H36F2N4O2.C19H21F2N3O3.C15H17N.K.H/c1-2-3-21-40(34(42)26-17-18-28(35)29(36)23-26)32-31(39-22-11-10-16-30(39)38-32)33(41)37-20-19-27(24-12-6-4-7-13-24)25-14-8-5-9-15-25;1-2-3-9-24(18(25)12-7-8-13(20)14(21)11-12)17-16(19(26)27)23-10-5-4-6-15(23)22-17;16-12-11-15(13-7-3-1-4-8-13)14-9-5-2-6-10-14;;/h4-9,12-15,17-18,23,27H,2-3,10-11,16,19-22H2,1H3,(H,37,41);7-8,11H,2-6,9-10H2,1H3,(H,26,27);1-10,15H,11-12,16H2;;/q;;;+1;-1. The number of hydrogen-bond donors (Lipinski definition) is 3. The number of aryl methyl sites for hydroxylation is 2. The minimum atomic E-state index is -1.16. The Kier molecular flexibility index (Phi) is 25.6. The zero-order valence-corrected chi connectivity index (χ0v) is 52.4. The molecule has 6 aromatic carbocycles. The van der Waals surface area contributed by atoms with E-state index in [2.05, 4.69) is 83.1 Å². The van der Waals surface area contributed by atoms with Gasteiger partial charge in [0.15, 0.2) is 46.3 Å². The van der Waals surface area contributed by atoms with Gasteiger partial charge in [0.25, 0.3) is 17.7 Å². The van der Waals surface area contributed by atoms with Crippen LogP contribution in [0.15, 0.2) is 158 Å². The zero-order valence-electron chi connectivity index (χ0n) is 50.2.